The van der Waals surface area contributed by atoms with E-state index in [-0.39, 0.29) is 11.5 Å². The van der Waals surface area contributed by atoms with Crippen molar-refractivity contribution in [2.24, 2.45) is 0 Å². The van der Waals surface area contributed by atoms with Gasteiger partial charge in [0.05, 0.1) is 7.11 Å². The average molecular weight is 308 g/mol. The number of ketones is 1. The fourth-order valence-corrected chi connectivity index (χ4v) is 2.58. The van der Waals surface area contributed by atoms with E-state index in [2.05, 4.69) is 0 Å². The summed E-state index contributed by atoms with van der Waals surface area (Å²) < 4.78 is 10.9. The quantitative estimate of drug-likeness (QED) is 0.527. The van der Waals surface area contributed by atoms with Crippen molar-refractivity contribution in [3.05, 3.63) is 64.9 Å². The van der Waals surface area contributed by atoms with Crippen molar-refractivity contribution in [1.29, 1.82) is 0 Å². The minimum Gasteiger partial charge on any atom is -0.497 e. The standard InChI is InChI=1S/C19H16O4/c1-3-13-8-12(11-20)9-15-10-17(23-19(13)15)18(21)14-4-6-16(22-2)7-5-14/h4-11H,3H2,1-2H3. The molecule has 0 N–H and O–H groups in total. The molecule has 0 unspecified atom stereocenters. The van der Waals surface area contributed by atoms with E-state index in [1.54, 1.807) is 49.6 Å². The number of hydrogen-bond acceptors (Lipinski definition) is 4. The third-order valence-corrected chi connectivity index (χ3v) is 3.81. The summed E-state index contributed by atoms with van der Waals surface area (Å²) in [5.41, 5.74) is 2.69. The van der Waals surface area contributed by atoms with Crippen LogP contribution in [-0.2, 0) is 6.42 Å². The molecule has 0 fully saturated rings. The van der Waals surface area contributed by atoms with E-state index in [0.29, 0.717) is 22.5 Å². The van der Waals surface area contributed by atoms with Crippen molar-refractivity contribution in [2.75, 3.05) is 7.11 Å². The summed E-state index contributed by atoms with van der Waals surface area (Å²) in [7, 11) is 1.58. The van der Waals surface area contributed by atoms with Gasteiger partial charge in [0.2, 0.25) is 5.78 Å². The molecule has 1 aromatic heterocycles. The van der Waals surface area contributed by atoms with Crippen LogP contribution in [0.5, 0.6) is 5.75 Å². The van der Waals surface area contributed by atoms with Gasteiger partial charge in [-0.15, -0.1) is 0 Å². The van der Waals surface area contributed by atoms with Gasteiger partial charge in [-0.1, -0.05) is 6.92 Å². The van der Waals surface area contributed by atoms with Gasteiger partial charge in [-0.2, -0.15) is 0 Å². The summed E-state index contributed by atoms with van der Waals surface area (Å²) in [6.07, 6.45) is 1.53. The highest BCUT2D eigenvalue weighted by Crippen LogP contribution is 2.27. The Morgan fingerprint density at radius 1 is 1.17 bits per heavy atom. The maximum absolute atomic E-state index is 12.6. The molecule has 0 saturated carbocycles. The number of aldehydes is 1. The number of rotatable bonds is 5. The van der Waals surface area contributed by atoms with Gasteiger partial charge >= 0.3 is 0 Å². The van der Waals surface area contributed by atoms with Crippen LogP contribution < -0.4 is 4.74 Å². The first-order valence-electron chi connectivity index (χ1n) is 7.36. The summed E-state index contributed by atoms with van der Waals surface area (Å²) >= 11 is 0. The van der Waals surface area contributed by atoms with Crippen LogP contribution >= 0.6 is 0 Å². The summed E-state index contributed by atoms with van der Waals surface area (Å²) in [6, 6.07) is 12.1. The predicted molar refractivity (Wildman–Crippen MR) is 87.4 cm³/mol. The highest BCUT2D eigenvalue weighted by atomic mass is 16.5. The molecular formula is C19H16O4. The fraction of sp³-hybridized carbons (Fsp3) is 0.158. The number of carbonyl (C=O) groups excluding carboxylic acids is 2. The van der Waals surface area contributed by atoms with Crippen molar-refractivity contribution < 1.29 is 18.7 Å². The molecule has 3 aromatic rings. The Kier molecular flexibility index (Phi) is 3.98. The van der Waals surface area contributed by atoms with Gasteiger partial charge in [0, 0.05) is 16.5 Å². The van der Waals surface area contributed by atoms with Crippen LogP contribution in [0.3, 0.4) is 0 Å². The lowest BCUT2D eigenvalue weighted by atomic mass is 10.1. The van der Waals surface area contributed by atoms with Gasteiger partial charge in [0.1, 0.15) is 17.6 Å². The molecule has 23 heavy (non-hydrogen) atoms. The SMILES string of the molecule is CCc1cc(C=O)cc2cc(C(=O)c3ccc(OC)cc3)oc12. The maximum atomic E-state index is 12.6. The number of furan rings is 1. The van der Waals surface area contributed by atoms with E-state index >= 15 is 0 Å². The second-order valence-corrected chi connectivity index (χ2v) is 5.24. The third-order valence-electron chi connectivity index (χ3n) is 3.81. The molecule has 4 heteroatoms. The van der Waals surface area contributed by atoms with Gasteiger partial charge in [-0.25, -0.2) is 0 Å². The van der Waals surface area contributed by atoms with Crippen LogP contribution in [0.15, 0.2) is 46.9 Å². The van der Waals surface area contributed by atoms with Crippen LogP contribution in [-0.4, -0.2) is 19.2 Å². The number of benzene rings is 2. The van der Waals surface area contributed by atoms with Crippen LogP contribution in [0.4, 0.5) is 0 Å². The van der Waals surface area contributed by atoms with Crippen LogP contribution in [0, 0.1) is 0 Å². The topological polar surface area (TPSA) is 56.5 Å². The van der Waals surface area contributed by atoms with E-state index < -0.39 is 0 Å². The van der Waals surface area contributed by atoms with Gasteiger partial charge in [-0.3, -0.25) is 9.59 Å². The van der Waals surface area contributed by atoms with Crippen LogP contribution in [0.2, 0.25) is 0 Å². The second-order valence-electron chi connectivity index (χ2n) is 5.24. The molecule has 0 radical (unpaired) electrons. The first-order valence-corrected chi connectivity index (χ1v) is 7.36. The first kappa shape index (κ1) is 15.0. The molecule has 116 valence electrons. The molecule has 1 heterocycles. The Morgan fingerprint density at radius 2 is 1.91 bits per heavy atom. The number of hydrogen-bond donors (Lipinski definition) is 0. The highest BCUT2D eigenvalue weighted by molar-refractivity contribution is 6.09. The molecule has 0 aliphatic heterocycles. The van der Waals surface area contributed by atoms with Gasteiger partial charge in [-0.05, 0) is 54.4 Å². The normalized spacial score (nSPS) is 10.7. The van der Waals surface area contributed by atoms with Crippen molar-refractivity contribution >= 4 is 23.0 Å². The number of aryl methyl sites for hydroxylation is 1. The number of carbonyl (C=O) groups is 2. The zero-order chi connectivity index (χ0) is 16.4. The molecule has 0 bridgehead atoms. The molecule has 0 aliphatic carbocycles. The smallest absolute Gasteiger partial charge is 0.228 e. The minimum atomic E-state index is -0.196. The predicted octanol–water partition coefficient (Wildman–Crippen LogP) is 4.05. The first-order chi connectivity index (χ1) is 11.2. The lowest BCUT2D eigenvalue weighted by Gasteiger charge is -2.01. The van der Waals surface area contributed by atoms with Gasteiger partial charge < -0.3 is 9.15 Å². The molecule has 0 spiro atoms. The Hall–Kier alpha value is -2.88. The van der Waals surface area contributed by atoms with Crippen LogP contribution in [0.1, 0.15) is 39.0 Å². The van der Waals surface area contributed by atoms with Crippen molar-refractivity contribution in [3.8, 4) is 5.75 Å². The number of methoxy groups -OCH3 is 1. The monoisotopic (exact) mass is 308 g/mol. The van der Waals surface area contributed by atoms with E-state index in [9.17, 15) is 9.59 Å². The highest BCUT2D eigenvalue weighted by Gasteiger charge is 2.16. The second kappa shape index (κ2) is 6.08. The Labute approximate surface area is 133 Å². The average Bonchev–Trinajstić information content (AvgIpc) is 3.04. The van der Waals surface area contributed by atoms with Crippen molar-refractivity contribution in [1.82, 2.24) is 0 Å². The molecule has 3 rings (SSSR count). The van der Waals surface area contributed by atoms with Crippen molar-refractivity contribution in [3.63, 3.8) is 0 Å². The Bertz CT molecular complexity index is 872. The van der Waals surface area contributed by atoms with Crippen LogP contribution in [0.25, 0.3) is 11.0 Å². The number of ether oxygens (including phenoxy) is 1. The Balaban J connectivity index is 2.05. The molecule has 0 atom stereocenters. The van der Waals surface area contributed by atoms with Crippen molar-refractivity contribution in [2.45, 2.75) is 13.3 Å². The van der Waals surface area contributed by atoms with Gasteiger partial charge in [0.15, 0.2) is 5.76 Å². The molecule has 0 aliphatic rings. The van der Waals surface area contributed by atoms with E-state index in [4.69, 9.17) is 9.15 Å². The third kappa shape index (κ3) is 2.75. The lowest BCUT2D eigenvalue weighted by Crippen LogP contribution is -1.99. The zero-order valence-electron chi connectivity index (χ0n) is 13.0. The molecule has 4 nitrogen and oxygen atoms in total. The number of fused-ring (bicyclic) bond motifs is 1. The van der Waals surface area contributed by atoms with E-state index in [0.717, 1.165) is 23.7 Å². The molecule has 0 saturated heterocycles. The fourth-order valence-electron chi connectivity index (χ4n) is 2.58. The van der Waals surface area contributed by atoms with E-state index in [1.807, 2.05) is 6.92 Å². The lowest BCUT2D eigenvalue weighted by molar-refractivity contribution is 0.101. The van der Waals surface area contributed by atoms with E-state index in [1.165, 1.54) is 0 Å². The molecule has 2 aromatic carbocycles. The summed E-state index contributed by atoms with van der Waals surface area (Å²) in [4.78, 5) is 23.6. The van der Waals surface area contributed by atoms with Gasteiger partial charge in [0.25, 0.3) is 0 Å². The maximum Gasteiger partial charge on any atom is 0.228 e. The molecular weight excluding hydrogens is 292 g/mol. The summed E-state index contributed by atoms with van der Waals surface area (Å²) in [5.74, 6) is 0.761. The largest absolute Gasteiger partial charge is 0.497 e. The summed E-state index contributed by atoms with van der Waals surface area (Å²) in [6.45, 7) is 1.98. The Morgan fingerprint density at radius 3 is 2.52 bits per heavy atom. The zero-order valence-corrected chi connectivity index (χ0v) is 13.0. The minimum absolute atomic E-state index is 0.196. The molecule has 0 amide bonds. The summed E-state index contributed by atoms with van der Waals surface area (Å²) in [5, 5.41) is 0.767.